The first-order valence-corrected chi connectivity index (χ1v) is 5.57. The predicted molar refractivity (Wildman–Crippen MR) is 52.9 cm³/mol. The van der Waals surface area contributed by atoms with Crippen molar-refractivity contribution in [1.82, 2.24) is 4.98 Å². The van der Waals surface area contributed by atoms with Crippen molar-refractivity contribution in [2.75, 3.05) is 0 Å². The first-order chi connectivity index (χ1) is 6.25. The summed E-state index contributed by atoms with van der Waals surface area (Å²) in [7, 11) is 0. The molecule has 0 atom stereocenters. The highest BCUT2D eigenvalue weighted by Crippen LogP contribution is 2.28. The molecule has 70 valence electrons. The summed E-state index contributed by atoms with van der Waals surface area (Å²) >= 11 is 1.60. The lowest BCUT2D eigenvalue weighted by Crippen LogP contribution is -2.23. The number of carbonyl (C=O) groups is 1. The smallest absolute Gasteiger partial charge is 0.142 e. The first kappa shape index (κ1) is 8.88. The average Bonchev–Trinajstić information content (AvgIpc) is 2.31. The van der Waals surface area contributed by atoms with Crippen LogP contribution in [0.15, 0.2) is 5.38 Å². The number of thiazole rings is 1. The van der Waals surface area contributed by atoms with E-state index in [0.29, 0.717) is 18.1 Å². The van der Waals surface area contributed by atoms with Crippen LogP contribution in [0.5, 0.6) is 0 Å². The lowest BCUT2D eigenvalue weighted by atomic mass is 9.81. The molecule has 0 unspecified atom stereocenters. The summed E-state index contributed by atoms with van der Waals surface area (Å²) in [6, 6.07) is 0. The van der Waals surface area contributed by atoms with E-state index in [-0.39, 0.29) is 0 Å². The third kappa shape index (κ3) is 1.97. The number of ketones is 1. The minimum Gasteiger partial charge on any atom is -0.299 e. The molecule has 0 aromatic carbocycles. The number of carbonyl (C=O) groups excluding carboxylic acids is 1. The Morgan fingerprint density at radius 1 is 1.69 bits per heavy atom. The summed E-state index contributed by atoms with van der Waals surface area (Å²) in [4.78, 5) is 15.9. The normalized spacial score (nSPS) is 17.0. The Hall–Kier alpha value is -0.700. The Balaban J connectivity index is 1.93. The molecule has 2 rings (SSSR count). The monoisotopic (exact) mass is 195 g/mol. The molecule has 0 spiro atoms. The number of aryl methyl sites for hydroxylation is 1. The molecule has 1 saturated carbocycles. The summed E-state index contributed by atoms with van der Waals surface area (Å²) in [5.74, 6) is 0.741. The van der Waals surface area contributed by atoms with E-state index in [1.54, 1.807) is 11.3 Å². The van der Waals surface area contributed by atoms with Gasteiger partial charge in [0.05, 0.1) is 6.42 Å². The molecule has 1 fully saturated rings. The van der Waals surface area contributed by atoms with Gasteiger partial charge in [-0.15, -0.1) is 11.3 Å². The molecule has 0 bridgehead atoms. The summed E-state index contributed by atoms with van der Waals surface area (Å²) < 4.78 is 0. The first-order valence-electron chi connectivity index (χ1n) is 4.69. The second-order valence-electron chi connectivity index (χ2n) is 3.65. The van der Waals surface area contributed by atoms with E-state index in [4.69, 9.17) is 0 Å². The Kier molecular flexibility index (Phi) is 2.44. The van der Waals surface area contributed by atoms with Crippen LogP contribution in [-0.2, 0) is 11.2 Å². The van der Waals surface area contributed by atoms with Crippen LogP contribution in [0.2, 0.25) is 0 Å². The number of rotatable bonds is 3. The Labute approximate surface area is 82.0 Å². The van der Waals surface area contributed by atoms with Gasteiger partial charge in [-0.05, 0) is 19.8 Å². The van der Waals surface area contributed by atoms with Gasteiger partial charge in [0.15, 0.2) is 0 Å². The van der Waals surface area contributed by atoms with Crippen molar-refractivity contribution in [2.24, 2.45) is 5.92 Å². The fraction of sp³-hybridized carbons (Fsp3) is 0.600. The van der Waals surface area contributed by atoms with E-state index in [1.165, 1.54) is 6.42 Å². The van der Waals surface area contributed by atoms with Gasteiger partial charge in [-0.2, -0.15) is 0 Å². The molecular weight excluding hydrogens is 182 g/mol. The average molecular weight is 195 g/mol. The van der Waals surface area contributed by atoms with Gasteiger partial charge < -0.3 is 0 Å². The minimum atomic E-state index is 0.351. The number of hydrogen-bond acceptors (Lipinski definition) is 3. The summed E-state index contributed by atoms with van der Waals surface area (Å²) in [5.41, 5.74) is 1.03. The second-order valence-corrected chi connectivity index (χ2v) is 4.60. The van der Waals surface area contributed by atoms with Crippen LogP contribution in [0.25, 0.3) is 0 Å². The molecule has 1 aliphatic carbocycles. The van der Waals surface area contributed by atoms with Crippen LogP contribution in [0.3, 0.4) is 0 Å². The molecular formula is C10H13NOS. The van der Waals surface area contributed by atoms with Crippen molar-refractivity contribution in [1.29, 1.82) is 0 Å². The molecule has 1 aromatic heterocycles. The van der Waals surface area contributed by atoms with Gasteiger partial charge in [0.2, 0.25) is 0 Å². The molecule has 2 nitrogen and oxygen atoms in total. The van der Waals surface area contributed by atoms with Crippen LogP contribution < -0.4 is 0 Å². The molecule has 3 heteroatoms. The van der Waals surface area contributed by atoms with Crippen molar-refractivity contribution in [3.63, 3.8) is 0 Å². The minimum absolute atomic E-state index is 0.351. The number of nitrogens with zero attached hydrogens (tertiary/aromatic N) is 1. The molecule has 1 heterocycles. The van der Waals surface area contributed by atoms with Crippen molar-refractivity contribution in [3.05, 3.63) is 16.1 Å². The molecule has 0 saturated heterocycles. The quantitative estimate of drug-likeness (QED) is 0.741. The Morgan fingerprint density at radius 3 is 2.92 bits per heavy atom. The predicted octanol–water partition coefficient (Wildman–Crippen LogP) is 2.36. The highest BCUT2D eigenvalue weighted by atomic mass is 32.1. The van der Waals surface area contributed by atoms with E-state index >= 15 is 0 Å². The zero-order valence-electron chi connectivity index (χ0n) is 7.75. The van der Waals surface area contributed by atoms with Crippen LogP contribution in [0.1, 0.15) is 30.0 Å². The largest absolute Gasteiger partial charge is 0.299 e. The van der Waals surface area contributed by atoms with Gasteiger partial charge in [0, 0.05) is 17.0 Å². The highest BCUT2D eigenvalue weighted by Gasteiger charge is 2.25. The molecule has 1 aromatic rings. The maximum absolute atomic E-state index is 11.6. The lowest BCUT2D eigenvalue weighted by molar-refractivity contribution is -0.124. The Morgan fingerprint density at radius 2 is 2.46 bits per heavy atom. The SMILES string of the molecule is Cc1csc(CC(=O)C2CCC2)n1. The molecule has 0 amide bonds. The molecule has 1 aliphatic rings. The molecule has 13 heavy (non-hydrogen) atoms. The van der Waals surface area contributed by atoms with E-state index in [9.17, 15) is 4.79 Å². The Bertz CT molecular complexity index is 314. The van der Waals surface area contributed by atoms with Gasteiger partial charge >= 0.3 is 0 Å². The second kappa shape index (κ2) is 3.58. The van der Waals surface area contributed by atoms with Crippen LogP contribution in [-0.4, -0.2) is 10.8 Å². The number of hydrogen-bond donors (Lipinski definition) is 0. The van der Waals surface area contributed by atoms with Crippen LogP contribution >= 0.6 is 11.3 Å². The lowest BCUT2D eigenvalue weighted by Gasteiger charge is -2.23. The summed E-state index contributed by atoms with van der Waals surface area (Å²) in [5, 5.41) is 2.98. The van der Waals surface area contributed by atoms with E-state index in [1.807, 2.05) is 12.3 Å². The third-order valence-corrected chi connectivity index (χ3v) is 3.52. The fourth-order valence-corrected chi connectivity index (χ4v) is 2.29. The zero-order valence-corrected chi connectivity index (χ0v) is 8.56. The van der Waals surface area contributed by atoms with Gasteiger partial charge in [-0.25, -0.2) is 4.98 Å². The van der Waals surface area contributed by atoms with Gasteiger partial charge in [-0.1, -0.05) is 6.42 Å². The van der Waals surface area contributed by atoms with Crippen molar-refractivity contribution >= 4 is 17.1 Å². The van der Waals surface area contributed by atoms with Gasteiger partial charge in [0.1, 0.15) is 10.8 Å². The van der Waals surface area contributed by atoms with Crippen molar-refractivity contribution < 1.29 is 4.79 Å². The van der Waals surface area contributed by atoms with E-state index in [0.717, 1.165) is 23.5 Å². The van der Waals surface area contributed by atoms with Crippen LogP contribution in [0, 0.1) is 12.8 Å². The van der Waals surface area contributed by atoms with Gasteiger partial charge in [-0.3, -0.25) is 4.79 Å². The standard InChI is InChI=1S/C10H13NOS/c1-7-6-13-10(11-7)5-9(12)8-3-2-4-8/h6,8H,2-5H2,1H3. The van der Waals surface area contributed by atoms with Crippen molar-refractivity contribution in [2.45, 2.75) is 32.6 Å². The summed E-state index contributed by atoms with van der Waals surface area (Å²) in [6.07, 6.45) is 3.99. The van der Waals surface area contributed by atoms with Gasteiger partial charge in [0.25, 0.3) is 0 Å². The number of Topliss-reactive ketones (excluding diaryl/α,β-unsaturated/α-hetero) is 1. The van der Waals surface area contributed by atoms with E-state index < -0.39 is 0 Å². The van der Waals surface area contributed by atoms with Crippen molar-refractivity contribution in [3.8, 4) is 0 Å². The third-order valence-electron chi connectivity index (χ3n) is 2.55. The number of aromatic nitrogens is 1. The molecule has 0 radical (unpaired) electrons. The van der Waals surface area contributed by atoms with E-state index in [2.05, 4.69) is 4.98 Å². The fourth-order valence-electron chi connectivity index (χ4n) is 1.51. The maximum atomic E-state index is 11.6. The zero-order chi connectivity index (χ0) is 9.26. The van der Waals surface area contributed by atoms with Crippen LogP contribution in [0.4, 0.5) is 0 Å². The topological polar surface area (TPSA) is 30.0 Å². The highest BCUT2D eigenvalue weighted by molar-refractivity contribution is 7.09. The molecule has 0 aliphatic heterocycles. The molecule has 0 N–H and O–H groups in total. The summed E-state index contributed by atoms with van der Waals surface area (Å²) in [6.45, 7) is 1.97. The maximum Gasteiger partial charge on any atom is 0.142 e.